The summed E-state index contributed by atoms with van der Waals surface area (Å²) >= 11 is 3.20. The van der Waals surface area contributed by atoms with Crippen LogP contribution in [0.3, 0.4) is 0 Å². The van der Waals surface area contributed by atoms with Gasteiger partial charge in [0, 0.05) is 16.2 Å². The molecule has 2 aromatic carbocycles. The van der Waals surface area contributed by atoms with Crippen molar-refractivity contribution in [3.63, 3.8) is 0 Å². The van der Waals surface area contributed by atoms with Crippen molar-refractivity contribution in [2.24, 2.45) is 0 Å². The first kappa shape index (κ1) is 13.1. The van der Waals surface area contributed by atoms with E-state index in [2.05, 4.69) is 21.2 Å². The molecule has 0 heterocycles. The number of anilines is 2. The van der Waals surface area contributed by atoms with Crippen LogP contribution in [-0.2, 0) is 0 Å². The van der Waals surface area contributed by atoms with Gasteiger partial charge in [0.15, 0.2) is 0 Å². The molecule has 0 aliphatic carbocycles. The van der Waals surface area contributed by atoms with Gasteiger partial charge in [-0.3, -0.25) is 10.1 Å². The third-order valence-electron chi connectivity index (χ3n) is 2.43. The Kier molecular flexibility index (Phi) is 3.78. The monoisotopic (exact) mass is 317 g/mol. The molecule has 0 spiro atoms. The van der Waals surface area contributed by atoms with E-state index in [-0.39, 0.29) is 5.69 Å². The maximum atomic E-state index is 11.0. The van der Waals surface area contributed by atoms with Gasteiger partial charge in [-0.25, -0.2) is 0 Å². The smallest absolute Gasteiger partial charge is 0.293 e. The Balaban J connectivity index is 2.38. The summed E-state index contributed by atoms with van der Waals surface area (Å²) in [6.07, 6.45) is 0. The van der Waals surface area contributed by atoms with E-state index < -0.39 is 4.92 Å². The number of halogens is 1. The summed E-state index contributed by atoms with van der Waals surface area (Å²) in [4.78, 5) is 10.5. The van der Waals surface area contributed by atoms with Gasteiger partial charge in [-0.05, 0) is 30.3 Å². The number of benzene rings is 2. The molecule has 1 N–H and O–H groups in total. The summed E-state index contributed by atoms with van der Waals surface area (Å²) in [6, 6.07) is 13.5. The van der Waals surface area contributed by atoms with Crippen molar-refractivity contribution in [3.05, 3.63) is 62.6 Å². The molecule has 0 aromatic heterocycles. The van der Waals surface area contributed by atoms with Crippen LogP contribution in [0, 0.1) is 21.4 Å². The third kappa shape index (κ3) is 3.09. The molecule has 6 heteroatoms. The van der Waals surface area contributed by atoms with Crippen molar-refractivity contribution in [1.29, 1.82) is 5.26 Å². The van der Waals surface area contributed by atoms with Crippen molar-refractivity contribution < 1.29 is 4.92 Å². The highest BCUT2D eigenvalue weighted by Crippen LogP contribution is 2.30. The second-order valence-corrected chi connectivity index (χ2v) is 4.65. The molecule has 0 atom stereocenters. The number of nitrogens with zero attached hydrogens (tertiary/aromatic N) is 2. The first-order valence-electron chi connectivity index (χ1n) is 5.31. The Hall–Kier alpha value is -2.39. The Morgan fingerprint density at radius 2 is 2.05 bits per heavy atom. The summed E-state index contributed by atoms with van der Waals surface area (Å²) in [5.74, 6) is 0. The van der Waals surface area contributed by atoms with Crippen molar-refractivity contribution in [3.8, 4) is 6.07 Å². The zero-order valence-electron chi connectivity index (χ0n) is 9.63. The quantitative estimate of drug-likeness (QED) is 0.686. The average Bonchev–Trinajstić information content (AvgIpc) is 2.41. The fraction of sp³-hybridized carbons (Fsp3) is 0. The first-order valence-corrected chi connectivity index (χ1v) is 6.10. The summed E-state index contributed by atoms with van der Waals surface area (Å²) in [5.41, 5.74) is 1.47. The minimum Gasteiger partial charge on any atom is -0.350 e. The van der Waals surface area contributed by atoms with Crippen LogP contribution in [0.15, 0.2) is 46.9 Å². The standard InChI is InChI=1S/C13H8BrN3O2/c14-10-4-5-12(13(7-10)17(18)19)16-11-3-1-2-9(6-11)8-15/h1-7,16H. The highest BCUT2D eigenvalue weighted by Gasteiger charge is 2.14. The van der Waals surface area contributed by atoms with Gasteiger partial charge in [-0.15, -0.1) is 0 Å². The van der Waals surface area contributed by atoms with Crippen LogP contribution in [0.1, 0.15) is 5.56 Å². The number of nitro groups is 1. The Morgan fingerprint density at radius 1 is 1.26 bits per heavy atom. The van der Waals surface area contributed by atoms with Gasteiger partial charge < -0.3 is 5.32 Å². The van der Waals surface area contributed by atoms with E-state index in [1.807, 2.05) is 6.07 Å². The molecule has 0 radical (unpaired) electrons. The second-order valence-electron chi connectivity index (χ2n) is 3.74. The third-order valence-corrected chi connectivity index (χ3v) is 2.92. The molecule has 5 nitrogen and oxygen atoms in total. The topological polar surface area (TPSA) is 79.0 Å². The average molecular weight is 318 g/mol. The molecule has 0 amide bonds. The number of hydrogen-bond donors (Lipinski definition) is 1. The normalized spacial score (nSPS) is 9.68. The maximum absolute atomic E-state index is 11.0. The van der Waals surface area contributed by atoms with E-state index >= 15 is 0 Å². The Labute approximate surface area is 117 Å². The summed E-state index contributed by atoms with van der Waals surface area (Å²) < 4.78 is 0.635. The van der Waals surface area contributed by atoms with Crippen LogP contribution in [0.5, 0.6) is 0 Å². The lowest BCUT2D eigenvalue weighted by Gasteiger charge is -2.07. The molecule has 94 valence electrons. The molecule has 0 unspecified atom stereocenters. The number of hydrogen-bond acceptors (Lipinski definition) is 4. The van der Waals surface area contributed by atoms with Crippen molar-refractivity contribution in [2.45, 2.75) is 0 Å². The summed E-state index contributed by atoms with van der Waals surface area (Å²) in [7, 11) is 0. The summed E-state index contributed by atoms with van der Waals surface area (Å²) in [6.45, 7) is 0. The van der Waals surface area contributed by atoms with Gasteiger partial charge in [0.1, 0.15) is 5.69 Å². The molecule has 0 aliphatic heterocycles. The highest BCUT2D eigenvalue weighted by atomic mass is 79.9. The van der Waals surface area contributed by atoms with Crippen molar-refractivity contribution >= 4 is 33.0 Å². The van der Waals surface area contributed by atoms with E-state index in [1.54, 1.807) is 36.4 Å². The minimum atomic E-state index is -0.457. The molecular weight excluding hydrogens is 310 g/mol. The predicted octanol–water partition coefficient (Wildman–Crippen LogP) is 3.97. The van der Waals surface area contributed by atoms with E-state index in [0.29, 0.717) is 21.4 Å². The lowest BCUT2D eigenvalue weighted by Crippen LogP contribution is -1.97. The number of nitrogens with one attached hydrogen (secondary N) is 1. The van der Waals surface area contributed by atoms with Gasteiger partial charge in [0.25, 0.3) is 5.69 Å². The highest BCUT2D eigenvalue weighted by molar-refractivity contribution is 9.10. The zero-order chi connectivity index (χ0) is 13.8. The van der Waals surface area contributed by atoms with Gasteiger partial charge in [0.2, 0.25) is 0 Å². The molecule has 19 heavy (non-hydrogen) atoms. The molecule has 0 fully saturated rings. The molecule has 0 saturated heterocycles. The lowest BCUT2D eigenvalue weighted by molar-refractivity contribution is -0.384. The molecule has 0 saturated carbocycles. The fourth-order valence-electron chi connectivity index (χ4n) is 1.58. The van der Waals surface area contributed by atoms with E-state index in [0.717, 1.165) is 0 Å². The van der Waals surface area contributed by atoms with Gasteiger partial charge in [-0.2, -0.15) is 5.26 Å². The maximum Gasteiger partial charge on any atom is 0.293 e. The molecule has 2 rings (SSSR count). The largest absolute Gasteiger partial charge is 0.350 e. The fourth-order valence-corrected chi connectivity index (χ4v) is 1.93. The van der Waals surface area contributed by atoms with Crippen LogP contribution >= 0.6 is 15.9 Å². The molecule has 2 aromatic rings. The second kappa shape index (κ2) is 5.50. The molecule has 0 bridgehead atoms. The molecular formula is C13H8BrN3O2. The van der Waals surface area contributed by atoms with Gasteiger partial charge >= 0.3 is 0 Å². The number of rotatable bonds is 3. The van der Waals surface area contributed by atoms with Crippen LogP contribution in [-0.4, -0.2) is 4.92 Å². The first-order chi connectivity index (χ1) is 9.10. The van der Waals surface area contributed by atoms with Crippen molar-refractivity contribution in [2.75, 3.05) is 5.32 Å². The molecule has 0 aliphatic rings. The zero-order valence-corrected chi connectivity index (χ0v) is 11.2. The van der Waals surface area contributed by atoms with Crippen LogP contribution in [0.4, 0.5) is 17.1 Å². The Bertz CT molecular complexity index is 680. The lowest BCUT2D eigenvalue weighted by atomic mass is 10.2. The van der Waals surface area contributed by atoms with Gasteiger partial charge in [-0.1, -0.05) is 22.0 Å². The van der Waals surface area contributed by atoms with Crippen LogP contribution in [0.25, 0.3) is 0 Å². The van der Waals surface area contributed by atoms with Crippen LogP contribution < -0.4 is 5.32 Å². The van der Waals surface area contributed by atoms with E-state index in [1.165, 1.54) is 6.07 Å². The predicted molar refractivity (Wildman–Crippen MR) is 75.2 cm³/mol. The van der Waals surface area contributed by atoms with E-state index in [4.69, 9.17) is 5.26 Å². The Morgan fingerprint density at radius 3 is 2.74 bits per heavy atom. The van der Waals surface area contributed by atoms with Gasteiger partial charge in [0.05, 0.1) is 16.6 Å². The number of nitro benzene ring substituents is 1. The SMILES string of the molecule is N#Cc1cccc(Nc2ccc(Br)cc2[N+](=O)[O-])c1. The van der Waals surface area contributed by atoms with E-state index in [9.17, 15) is 10.1 Å². The minimum absolute atomic E-state index is 0.0308. The number of nitriles is 1. The van der Waals surface area contributed by atoms with Crippen LogP contribution in [0.2, 0.25) is 0 Å². The summed E-state index contributed by atoms with van der Waals surface area (Å²) in [5, 5.41) is 22.7. The van der Waals surface area contributed by atoms with Crippen molar-refractivity contribution in [1.82, 2.24) is 0 Å².